The molecular weight excluding hydrogens is 256 g/mol. The molecule has 1 atom stereocenters. The van der Waals surface area contributed by atoms with Crippen LogP contribution in [0.2, 0.25) is 0 Å². The first kappa shape index (κ1) is 16.8. The molecule has 2 N–H and O–H groups in total. The number of urea groups is 1. The van der Waals surface area contributed by atoms with E-state index in [-0.39, 0.29) is 12.6 Å². The summed E-state index contributed by atoms with van der Waals surface area (Å²) < 4.78 is 0. The van der Waals surface area contributed by atoms with E-state index >= 15 is 0 Å². The number of nitrogens with one attached hydrogen (secondary N) is 1. The van der Waals surface area contributed by atoms with Crippen LogP contribution in [-0.4, -0.2) is 42.1 Å². The Morgan fingerprint density at radius 1 is 1.30 bits per heavy atom. The van der Waals surface area contributed by atoms with Gasteiger partial charge in [-0.05, 0) is 12.3 Å². The highest BCUT2D eigenvalue weighted by Crippen LogP contribution is 2.28. The van der Waals surface area contributed by atoms with E-state index in [4.69, 9.17) is 5.11 Å². The first-order chi connectivity index (χ1) is 9.50. The Hall–Kier alpha value is -1.26. The molecule has 1 rings (SSSR count). The Morgan fingerprint density at radius 3 is 2.55 bits per heavy atom. The third-order valence-electron chi connectivity index (χ3n) is 4.11. The smallest absolute Gasteiger partial charge is 0.317 e. The lowest BCUT2D eigenvalue weighted by molar-refractivity contribution is -0.141. The molecule has 0 saturated heterocycles. The van der Waals surface area contributed by atoms with E-state index in [1.165, 1.54) is 43.4 Å². The summed E-state index contributed by atoms with van der Waals surface area (Å²) in [5, 5.41) is 11.7. The fraction of sp³-hybridized carbons (Fsp3) is 0.867. The molecular formula is C15H28N2O3. The lowest BCUT2D eigenvalue weighted by Crippen LogP contribution is -2.41. The summed E-state index contributed by atoms with van der Waals surface area (Å²) in [6.45, 7) is 2.52. The van der Waals surface area contributed by atoms with Gasteiger partial charge in [0.15, 0.2) is 0 Å². The summed E-state index contributed by atoms with van der Waals surface area (Å²) in [4.78, 5) is 23.9. The minimum Gasteiger partial charge on any atom is -0.481 e. The van der Waals surface area contributed by atoms with Crippen molar-refractivity contribution in [3.05, 3.63) is 0 Å². The summed E-state index contributed by atoms with van der Waals surface area (Å²) in [5.74, 6) is -0.501. The number of rotatable bonds is 8. The summed E-state index contributed by atoms with van der Waals surface area (Å²) in [5.41, 5.74) is 0. The van der Waals surface area contributed by atoms with Crippen LogP contribution in [0.1, 0.15) is 51.9 Å². The van der Waals surface area contributed by atoms with Crippen molar-refractivity contribution in [2.75, 3.05) is 20.1 Å². The Bertz CT molecular complexity index is 314. The predicted octanol–water partition coefficient (Wildman–Crippen LogP) is 2.71. The van der Waals surface area contributed by atoms with Crippen molar-refractivity contribution in [1.29, 1.82) is 0 Å². The molecule has 116 valence electrons. The second-order valence-corrected chi connectivity index (χ2v) is 6.00. The zero-order valence-corrected chi connectivity index (χ0v) is 12.7. The van der Waals surface area contributed by atoms with Crippen LogP contribution in [0.15, 0.2) is 0 Å². The Kier molecular flexibility index (Phi) is 7.41. The Balaban J connectivity index is 2.05. The lowest BCUT2D eigenvalue weighted by Gasteiger charge is -2.20. The average Bonchev–Trinajstić information content (AvgIpc) is 2.90. The summed E-state index contributed by atoms with van der Waals surface area (Å²) in [6, 6.07) is -0.182. The Labute approximate surface area is 121 Å². The zero-order valence-electron chi connectivity index (χ0n) is 12.7. The van der Waals surface area contributed by atoms with Crippen LogP contribution >= 0.6 is 0 Å². The van der Waals surface area contributed by atoms with E-state index in [1.54, 1.807) is 14.0 Å². The standard InChI is InChI=1S/C15H28N2O3/c1-12(14(18)19)11-17(2)15(20)16-10-6-5-9-13-7-3-4-8-13/h12-13H,3-11H2,1-2H3,(H,16,20)(H,18,19). The molecule has 0 radical (unpaired) electrons. The molecule has 1 saturated carbocycles. The number of nitrogens with zero attached hydrogens (tertiary/aromatic N) is 1. The number of aliphatic carboxylic acids is 1. The van der Waals surface area contributed by atoms with Crippen LogP contribution in [0.25, 0.3) is 0 Å². The van der Waals surface area contributed by atoms with Gasteiger partial charge >= 0.3 is 12.0 Å². The summed E-state index contributed by atoms with van der Waals surface area (Å²) in [6.07, 6.45) is 8.97. The second kappa shape index (κ2) is 8.82. The number of hydrogen-bond acceptors (Lipinski definition) is 2. The molecule has 1 fully saturated rings. The third kappa shape index (κ3) is 6.26. The van der Waals surface area contributed by atoms with Crippen LogP contribution in [-0.2, 0) is 4.79 Å². The largest absolute Gasteiger partial charge is 0.481 e. The number of unbranched alkanes of at least 4 members (excludes halogenated alkanes) is 1. The molecule has 20 heavy (non-hydrogen) atoms. The fourth-order valence-electron chi connectivity index (χ4n) is 2.76. The maximum absolute atomic E-state index is 11.7. The Morgan fingerprint density at radius 2 is 1.95 bits per heavy atom. The number of hydrogen-bond donors (Lipinski definition) is 2. The molecule has 0 aromatic carbocycles. The van der Waals surface area contributed by atoms with Crippen LogP contribution in [0.5, 0.6) is 0 Å². The van der Waals surface area contributed by atoms with Crippen LogP contribution < -0.4 is 5.32 Å². The van der Waals surface area contributed by atoms with Gasteiger partial charge in [0.1, 0.15) is 0 Å². The van der Waals surface area contributed by atoms with Crippen LogP contribution in [0, 0.1) is 11.8 Å². The van der Waals surface area contributed by atoms with Gasteiger partial charge in [-0.1, -0.05) is 45.4 Å². The van der Waals surface area contributed by atoms with Crippen molar-refractivity contribution in [2.24, 2.45) is 11.8 Å². The van der Waals surface area contributed by atoms with Crippen molar-refractivity contribution in [3.8, 4) is 0 Å². The highest BCUT2D eigenvalue weighted by Gasteiger charge is 2.17. The van der Waals surface area contributed by atoms with Crippen LogP contribution in [0.3, 0.4) is 0 Å². The highest BCUT2D eigenvalue weighted by atomic mass is 16.4. The number of carbonyl (C=O) groups excluding carboxylic acids is 1. The van der Waals surface area contributed by atoms with Crippen molar-refractivity contribution >= 4 is 12.0 Å². The minimum absolute atomic E-state index is 0.182. The van der Waals surface area contributed by atoms with E-state index < -0.39 is 11.9 Å². The van der Waals surface area contributed by atoms with Crippen molar-refractivity contribution in [3.63, 3.8) is 0 Å². The van der Waals surface area contributed by atoms with Gasteiger partial charge in [0.2, 0.25) is 0 Å². The monoisotopic (exact) mass is 284 g/mol. The van der Waals surface area contributed by atoms with Gasteiger partial charge in [0.05, 0.1) is 5.92 Å². The van der Waals surface area contributed by atoms with Gasteiger partial charge < -0.3 is 15.3 Å². The first-order valence-electron chi connectivity index (χ1n) is 7.72. The predicted molar refractivity (Wildman–Crippen MR) is 78.6 cm³/mol. The molecule has 1 aliphatic carbocycles. The van der Waals surface area contributed by atoms with Crippen LogP contribution in [0.4, 0.5) is 4.79 Å². The molecule has 0 spiro atoms. The number of carbonyl (C=O) groups is 2. The molecule has 0 bridgehead atoms. The molecule has 0 aromatic rings. The fourth-order valence-corrected chi connectivity index (χ4v) is 2.76. The van der Waals surface area contributed by atoms with E-state index in [2.05, 4.69) is 5.32 Å². The number of carboxylic acids is 1. The number of carboxylic acid groups (broad SMARTS) is 1. The first-order valence-corrected chi connectivity index (χ1v) is 7.72. The molecule has 2 amide bonds. The normalized spacial score (nSPS) is 16.9. The summed E-state index contributed by atoms with van der Waals surface area (Å²) >= 11 is 0. The maximum atomic E-state index is 11.7. The van der Waals surface area contributed by atoms with Gasteiger partial charge in [-0.15, -0.1) is 0 Å². The maximum Gasteiger partial charge on any atom is 0.317 e. The van der Waals surface area contributed by atoms with Gasteiger partial charge in [0.25, 0.3) is 0 Å². The van der Waals surface area contributed by atoms with E-state index in [0.717, 1.165) is 12.3 Å². The average molecular weight is 284 g/mol. The second-order valence-electron chi connectivity index (χ2n) is 6.00. The lowest BCUT2D eigenvalue weighted by atomic mass is 10.0. The topological polar surface area (TPSA) is 69.6 Å². The molecule has 1 unspecified atom stereocenters. The van der Waals surface area contributed by atoms with E-state index in [1.807, 2.05) is 0 Å². The van der Waals surface area contributed by atoms with E-state index in [0.29, 0.717) is 6.54 Å². The molecule has 0 heterocycles. The molecule has 0 aromatic heterocycles. The summed E-state index contributed by atoms with van der Waals surface area (Å²) in [7, 11) is 1.63. The zero-order chi connectivity index (χ0) is 15.0. The van der Waals surface area contributed by atoms with Gasteiger partial charge in [-0.3, -0.25) is 4.79 Å². The van der Waals surface area contributed by atoms with Gasteiger partial charge in [-0.2, -0.15) is 0 Å². The highest BCUT2D eigenvalue weighted by molar-refractivity contribution is 5.75. The van der Waals surface area contributed by atoms with Gasteiger partial charge in [-0.25, -0.2) is 4.79 Å². The van der Waals surface area contributed by atoms with Crippen molar-refractivity contribution in [2.45, 2.75) is 51.9 Å². The third-order valence-corrected chi connectivity index (χ3v) is 4.11. The van der Waals surface area contributed by atoms with E-state index in [9.17, 15) is 9.59 Å². The van der Waals surface area contributed by atoms with Crippen molar-refractivity contribution < 1.29 is 14.7 Å². The SMILES string of the molecule is CC(CN(C)C(=O)NCCCCC1CCCC1)C(=O)O. The van der Waals surface area contributed by atoms with Gasteiger partial charge in [0, 0.05) is 20.1 Å². The quantitative estimate of drug-likeness (QED) is 0.673. The minimum atomic E-state index is -0.874. The molecule has 1 aliphatic rings. The number of amides is 2. The van der Waals surface area contributed by atoms with Crippen molar-refractivity contribution in [1.82, 2.24) is 10.2 Å². The molecule has 5 heteroatoms. The molecule has 5 nitrogen and oxygen atoms in total. The molecule has 0 aliphatic heterocycles.